The summed E-state index contributed by atoms with van der Waals surface area (Å²) in [7, 11) is 0. The van der Waals surface area contributed by atoms with Crippen LogP contribution in [0.15, 0.2) is 234 Å². The number of ether oxygens (including phenoxy) is 1. The van der Waals surface area contributed by atoms with Gasteiger partial charge in [0.15, 0.2) is 0 Å². The van der Waals surface area contributed by atoms with E-state index in [9.17, 15) is 0 Å². The van der Waals surface area contributed by atoms with Crippen molar-refractivity contribution in [3.8, 4) is 33.8 Å². The maximum absolute atomic E-state index is 6.75. The van der Waals surface area contributed by atoms with Crippen molar-refractivity contribution >= 4 is 60.3 Å². The minimum atomic E-state index is -0.600. The first-order valence-corrected chi connectivity index (χ1v) is 24.3. The molecule has 4 heteroatoms. The van der Waals surface area contributed by atoms with E-state index < -0.39 is 10.8 Å². The predicted molar refractivity (Wildman–Crippen MR) is 273 cm³/mol. The highest BCUT2D eigenvalue weighted by Crippen LogP contribution is 2.66. The average Bonchev–Trinajstić information content (AvgIpc) is 4.00. The minimum Gasteiger partial charge on any atom is -0.457 e. The molecule has 0 atom stereocenters. The van der Waals surface area contributed by atoms with Crippen molar-refractivity contribution in [2.45, 2.75) is 20.6 Å². The van der Waals surface area contributed by atoms with Gasteiger partial charge in [-0.1, -0.05) is 176 Å². The molecule has 66 heavy (non-hydrogen) atoms. The lowest BCUT2D eigenvalue weighted by Crippen LogP contribution is -2.32. The Labute approximate surface area is 391 Å². The van der Waals surface area contributed by atoms with Gasteiger partial charge in [0.05, 0.1) is 22.2 Å². The number of hydrogen-bond acceptors (Lipinski definition) is 4. The second-order valence-corrected chi connectivity index (χ2v) is 20.0. The van der Waals surface area contributed by atoms with Gasteiger partial charge in [-0.15, -0.1) is 11.3 Å². The van der Waals surface area contributed by atoms with Crippen LogP contribution in [0.4, 0.5) is 17.1 Å². The fourth-order valence-electron chi connectivity index (χ4n) is 12.4. The fraction of sp³-hybridized carbons (Fsp3) is 0.0323. The third-order valence-corrected chi connectivity index (χ3v) is 17.1. The highest BCUT2D eigenvalue weighted by atomic mass is 32.2. The Morgan fingerprint density at radius 2 is 0.879 bits per heavy atom. The predicted octanol–water partition coefficient (Wildman–Crippen LogP) is 16.8. The molecule has 2 aliphatic carbocycles. The molecular weight excluding hydrogens is 839 g/mol. The van der Waals surface area contributed by atoms with E-state index in [1.165, 1.54) is 85.6 Å². The SMILES string of the molecule is c1ccc2c(c1)Oc1ccccc1C21c2ccccc2-c2c(N(c3ccc4c(c3)C3(c5ccccc5Sc5ccccc53)c3ccccc3-4)c3cccc4sc5ccccc5c34)cccc21. The summed E-state index contributed by atoms with van der Waals surface area (Å²) < 4.78 is 9.31. The van der Waals surface area contributed by atoms with Crippen LogP contribution in [0.2, 0.25) is 0 Å². The van der Waals surface area contributed by atoms with Crippen LogP contribution < -0.4 is 9.64 Å². The number of anilines is 3. The molecule has 0 fully saturated rings. The van der Waals surface area contributed by atoms with Gasteiger partial charge in [0, 0.05) is 52.3 Å². The van der Waals surface area contributed by atoms with Crippen molar-refractivity contribution in [3.63, 3.8) is 0 Å². The Bertz CT molecular complexity index is 3790. The molecule has 1 aromatic heterocycles. The van der Waals surface area contributed by atoms with E-state index in [2.05, 4.69) is 229 Å². The highest BCUT2D eigenvalue weighted by Gasteiger charge is 2.53. The zero-order valence-electron chi connectivity index (χ0n) is 35.5. The summed E-state index contributed by atoms with van der Waals surface area (Å²) in [5.41, 5.74) is 17.5. The summed E-state index contributed by atoms with van der Waals surface area (Å²) in [6, 6.07) is 83.9. The molecule has 3 heterocycles. The molecule has 0 unspecified atom stereocenters. The largest absolute Gasteiger partial charge is 0.457 e. The molecule has 2 nitrogen and oxygen atoms in total. The highest BCUT2D eigenvalue weighted by molar-refractivity contribution is 7.99. The van der Waals surface area contributed by atoms with Crippen molar-refractivity contribution in [3.05, 3.63) is 269 Å². The van der Waals surface area contributed by atoms with E-state index in [1.54, 1.807) is 0 Å². The number of fused-ring (bicyclic) bond motifs is 21. The Kier molecular flexibility index (Phi) is 7.48. The van der Waals surface area contributed by atoms with Crippen LogP contribution in [0.5, 0.6) is 11.5 Å². The normalized spacial score (nSPS) is 14.7. The van der Waals surface area contributed by atoms with Gasteiger partial charge in [-0.05, 0) is 111 Å². The van der Waals surface area contributed by atoms with Gasteiger partial charge in [0.25, 0.3) is 0 Å². The van der Waals surface area contributed by atoms with Gasteiger partial charge in [-0.25, -0.2) is 0 Å². The molecule has 11 aromatic rings. The Morgan fingerprint density at radius 1 is 0.364 bits per heavy atom. The second kappa shape index (κ2) is 13.5. The van der Waals surface area contributed by atoms with Gasteiger partial charge in [-0.3, -0.25) is 0 Å². The molecule has 0 saturated heterocycles. The lowest BCUT2D eigenvalue weighted by atomic mass is 9.66. The van der Waals surface area contributed by atoms with Crippen molar-refractivity contribution in [1.82, 2.24) is 0 Å². The molecule has 0 radical (unpaired) electrons. The Hall–Kier alpha value is -7.63. The molecule has 308 valence electrons. The lowest BCUT2D eigenvalue weighted by Gasteiger charge is -2.40. The van der Waals surface area contributed by atoms with E-state index in [0.29, 0.717) is 0 Å². The number of para-hydroxylation sites is 2. The first-order chi connectivity index (χ1) is 32.7. The van der Waals surface area contributed by atoms with E-state index >= 15 is 0 Å². The lowest BCUT2D eigenvalue weighted by molar-refractivity contribution is 0.436. The Morgan fingerprint density at radius 3 is 1.62 bits per heavy atom. The van der Waals surface area contributed by atoms with E-state index in [-0.39, 0.29) is 0 Å². The topological polar surface area (TPSA) is 12.5 Å². The van der Waals surface area contributed by atoms with Crippen LogP contribution in [-0.2, 0) is 10.8 Å². The van der Waals surface area contributed by atoms with Gasteiger partial charge >= 0.3 is 0 Å². The quantitative estimate of drug-likeness (QED) is 0.175. The molecule has 0 N–H and O–H groups in total. The minimum absolute atomic E-state index is 0.516. The van der Waals surface area contributed by atoms with Gasteiger partial charge in [0.2, 0.25) is 0 Å². The monoisotopic (exact) mass is 875 g/mol. The van der Waals surface area contributed by atoms with Crippen LogP contribution >= 0.6 is 23.1 Å². The molecule has 0 bridgehead atoms. The summed E-state index contributed by atoms with van der Waals surface area (Å²) >= 11 is 3.76. The van der Waals surface area contributed by atoms with Crippen LogP contribution in [0.3, 0.4) is 0 Å². The first-order valence-electron chi connectivity index (χ1n) is 22.7. The summed E-state index contributed by atoms with van der Waals surface area (Å²) in [6.45, 7) is 0. The van der Waals surface area contributed by atoms with Crippen molar-refractivity contribution in [2.75, 3.05) is 4.90 Å². The van der Waals surface area contributed by atoms with Gasteiger partial charge < -0.3 is 9.64 Å². The number of nitrogens with zero attached hydrogens (tertiary/aromatic N) is 1. The van der Waals surface area contributed by atoms with Gasteiger partial charge in [0.1, 0.15) is 11.5 Å². The molecule has 4 aliphatic rings. The number of benzene rings is 10. The molecule has 0 amide bonds. The standard InChI is InChI=1S/C62H37NOS2/c1-4-20-43-39(17-1)40-36-35-38(37-50(40)62(43)47-24-8-13-32-56(47)66-57-33-14-9-25-48(57)62)63(52-28-16-34-58-60(52)42-19-3-12-31-55(42)65-58)51-27-15-26-49-59(51)41-18-2-5-21-44(41)61(49)45-22-6-10-29-53(45)64-54-30-11-7-23-46(54)61/h1-37H. The zero-order valence-corrected chi connectivity index (χ0v) is 37.2. The van der Waals surface area contributed by atoms with Crippen LogP contribution in [0.25, 0.3) is 42.4 Å². The number of thiophene rings is 1. The molecule has 10 aromatic carbocycles. The maximum Gasteiger partial charge on any atom is 0.132 e. The Balaban J connectivity index is 1.07. The molecule has 0 saturated carbocycles. The second-order valence-electron chi connectivity index (χ2n) is 17.8. The number of hydrogen-bond donors (Lipinski definition) is 0. The third-order valence-electron chi connectivity index (χ3n) is 14.8. The molecule has 2 aliphatic heterocycles. The summed E-state index contributed by atoms with van der Waals surface area (Å²) in [5, 5.41) is 2.54. The van der Waals surface area contributed by atoms with Crippen molar-refractivity contribution in [1.29, 1.82) is 0 Å². The van der Waals surface area contributed by atoms with Crippen LogP contribution in [0.1, 0.15) is 44.5 Å². The van der Waals surface area contributed by atoms with Crippen LogP contribution in [-0.4, -0.2) is 0 Å². The average molecular weight is 876 g/mol. The van der Waals surface area contributed by atoms with Gasteiger partial charge in [-0.2, -0.15) is 0 Å². The zero-order chi connectivity index (χ0) is 43.1. The summed E-state index contributed by atoms with van der Waals surface area (Å²) in [4.78, 5) is 5.20. The summed E-state index contributed by atoms with van der Waals surface area (Å²) in [6.07, 6.45) is 0. The molecule has 15 rings (SSSR count). The first kappa shape index (κ1) is 36.7. The van der Waals surface area contributed by atoms with Crippen LogP contribution in [0, 0.1) is 0 Å². The fourth-order valence-corrected chi connectivity index (χ4v) is 14.7. The molecule has 2 spiro atoms. The molecular formula is C62H37NOS2. The van der Waals surface area contributed by atoms with E-state index in [0.717, 1.165) is 39.7 Å². The number of rotatable bonds is 3. The smallest absolute Gasteiger partial charge is 0.132 e. The van der Waals surface area contributed by atoms with E-state index in [4.69, 9.17) is 4.74 Å². The third kappa shape index (κ3) is 4.57. The summed E-state index contributed by atoms with van der Waals surface area (Å²) in [5.74, 6) is 1.79. The maximum atomic E-state index is 6.75. The van der Waals surface area contributed by atoms with E-state index in [1.807, 2.05) is 23.1 Å². The van der Waals surface area contributed by atoms with Crippen molar-refractivity contribution in [2.24, 2.45) is 0 Å². The van der Waals surface area contributed by atoms with Crippen molar-refractivity contribution < 1.29 is 4.74 Å².